The molecule has 0 aromatic rings. The van der Waals surface area contributed by atoms with Gasteiger partial charge >= 0.3 is 0 Å². The molecule has 15 heavy (non-hydrogen) atoms. The summed E-state index contributed by atoms with van der Waals surface area (Å²) in [5, 5.41) is 0. The predicted molar refractivity (Wildman–Crippen MR) is 66.0 cm³/mol. The summed E-state index contributed by atoms with van der Waals surface area (Å²) in [7, 11) is 0. The van der Waals surface area contributed by atoms with Crippen molar-refractivity contribution in [3.63, 3.8) is 0 Å². The number of rotatable bonds is 1. The highest BCUT2D eigenvalue weighted by atomic mass is 15.2. The molecule has 2 aliphatic rings. The van der Waals surface area contributed by atoms with E-state index in [1.54, 1.807) is 0 Å². The number of likely N-dealkylation sites (tertiary alicyclic amines) is 1. The molecule has 0 atom stereocenters. The first-order chi connectivity index (χ1) is 7.07. The molecule has 1 aliphatic heterocycles. The minimum atomic E-state index is 0.610. The fourth-order valence-corrected chi connectivity index (χ4v) is 3.10. The molecule has 1 nitrogen and oxygen atoms in total. The second-order valence-electron chi connectivity index (χ2n) is 6.61. The van der Waals surface area contributed by atoms with Crippen molar-refractivity contribution >= 4 is 0 Å². The summed E-state index contributed by atoms with van der Waals surface area (Å²) < 4.78 is 0. The molecular weight excluding hydrogens is 182 g/mol. The summed E-state index contributed by atoms with van der Waals surface area (Å²) in [6, 6.07) is 0.928. The Morgan fingerprint density at radius 2 is 1.47 bits per heavy atom. The first-order valence-corrected chi connectivity index (χ1v) is 6.81. The van der Waals surface area contributed by atoms with Crippen LogP contribution in [0.15, 0.2) is 0 Å². The fourth-order valence-electron chi connectivity index (χ4n) is 3.10. The van der Waals surface area contributed by atoms with Crippen molar-refractivity contribution in [3.05, 3.63) is 0 Å². The van der Waals surface area contributed by atoms with E-state index in [1.165, 1.54) is 51.6 Å². The molecule has 0 unspecified atom stereocenters. The molecule has 0 bridgehead atoms. The number of piperidine rings is 1. The van der Waals surface area contributed by atoms with Gasteiger partial charge in [0.05, 0.1) is 0 Å². The van der Waals surface area contributed by atoms with Gasteiger partial charge < -0.3 is 4.90 Å². The van der Waals surface area contributed by atoms with Crippen LogP contribution in [0, 0.1) is 11.3 Å². The maximum absolute atomic E-state index is 2.77. The molecule has 1 saturated carbocycles. The van der Waals surface area contributed by atoms with Crippen molar-refractivity contribution < 1.29 is 0 Å². The Morgan fingerprint density at radius 1 is 0.933 bits per heavy atom. The zero-order valence-electron chi connectivity index (χ0n) is 10.8. The zero-order valence-corrected chi connectivity index (χ0v) is 10.8. The van der Waals surface area contributed by atoms with Gasteiger partial charge in [-0.3, -0.25) is 0 Å². The molecule has 1 saturated heterocycles. The van der Waals surface area contributed by atoms with E-state index >= 15 is 0 Å². The summed E-state index contributed by atoms with van der Waals surface area (Å²) in [5.41, 5.74) is 0.610. The summed E-state index contributed by atoms with van der Waals surface area (Å²) in [5.74, 6) is 0.988. The monoisotopic (exact) mass is 209 g/mol. The Balaban J connectivity index is 1.80. The van der Waals surface area contributed by atoms with Gasteiger partial charge in [-0.2, -0.15) is 0 Å². The van der Waals surface area contributed by atoms with Crippen molar-refractivity contribution in [3.8, 4) is 0 Å². The molecule has 2 rings (SSSR count). The average molecular weight is 209 g/mol. The molecule has 0 spiro atoms. The highest BCUT2D eigenvalue weighted by Crippen LogP contribution is 2.34. The van der Waals surface area contributed by atoms with Crippen molar-refractivity contribution in [2.24, 2.45) is 11.3 Å². The number of nitrogens with zero attached hydrogens (tertiary/aromatic N) is 1. The molecule has 0 N–H and O–H groups in total. The van der Waals surface area contributed by atoms with Crippen LogP contribution < -0.4 is 0 Å². The van der Waals surface area contributed by atoms with E-state index < -0.39 is 0 Å². The van der Waals surface area contributed by atoms with Gasteiger partial charge in [0, 0.05) is 6.04 Å². The molecular formula is C14H27N. The smallest absolute Gasteiger partial charge is 0.00954 e. The van der Waals surface area contributed by atoms with Gasteiger partial charge in [-0.1, -0.05) is 20.8 Å². The van der Waals surface area contributed by atoms with Crippen molar-refractivity contribution in [2.45, 2.75) is 65.3 Å². The third kappa shape index (κ3) is 2.96. The van der Waals surface area contributed by atoms with Crippen LogP contribution in [0.25, 0.3) is 0 Å². The highest BCUT2D eigenvalue weighted by molar-refractivity contribution is 4.84. The molecule has 0 amide bonds. The predicted octanol–water partition coefficient (Wildman–Crippen LogP) is 3.69. The lowest BCUT2D eigenvalue weighted by Crippen LogP contribution is -2.44. The molecule has 88 valence electrons. The summed E-state index contributed by atoms with van der Waals surface area (Å²) in [4.78, 5) is 2.77. The van der Waals surface area contributed by atoms with Gasteiger partial charge in [0.15, 0.2) is 0 Å². The molecule has 0 aromatic heterocycles. The third-order valence-corrected chi connectivity index (χ3v) is 4.65. The lowest BCUT2D eigenvalue weighted by Gasteiger charge is -2.43. The molecule has 0 aromatic carbocycles. The van der Waals surface area contributed by atoms with E-state index in [-0.39, 0.29) is 0 Å². The first kappa shape index (κ1) is 11.4. The van der Waals surface area contributed by atoms with E-state index in [2.05, 4.69) is 25.7 Å². The Kier molecular flexibility index (Phi) is 3.39. The molecule has 2 fully saturated rings. The molecule has 1 aliphatic carbocycles. The van der Waals surface area contributed by atoms with Crippen molar-refractivity contribution in [1.29, 1.82) is 0 Å². The van der Waals surface area contributed by atoms with E-state index in [0.717, 1.165) is 12.0 Å². The van der Waals surface area contributed by atoms with Crippen LogP contribution in [0.5, 0.6) is 0 Å². The normalized spacial score (nSPS) is 37.8. The second-order valence-corrected chi connectivity index (χ2v) is 6.61. The van der Waals surface area contributed by atoms with E-state index in [4.69, 9.17) is 0 Å². The maximum atomic E-state index is 2.77. The minimum absolute atomic E-state index is 0.610. The van der Waals surface area contributed by atoms with Gasteiger partial charge in [0.1, 0.15) is 0 Å². The van der Waals surface area contributed by atoms with Gasteiger partial charge in [0.25, 0.3) is 0 Å². The Hall–Kier alpha value is -0.0400. The van der Waals surface area contributed by atoms with Gasteiger partial charge in [-0.25, -0.2) is 0 Å². The van der Waals surface area contributed by atoms with Crippen LogP contribution in [0.1, 0.15) is 59.3 Å². The second kappa shape index (κ2) is 4.45. The quantitative estimate of drug-likeness (QED) is 0.636. The average Bonchev–Trinajstić information content (AvgIpc) is 2.20. The maximum Gasteiger partial charge on any atom is 0.00954 e. The molecule has 1 heterocycles. The largest absolute Gasteiger partial charge is 0.300 e. The van der Waals surface area contributed by atoms with E-state index in [9.17, 15) is 0 Å². The molecule has 0 radical (unpaired) electrons. The fraction of sp³-hybridized carbons (Fsp3) is 1.00. The summed E-state index contributed by atoms with van der Waals surface area (Å²) in [6.45, 7) is 9.97. The van der Waals surface area contributed by atoms with Crippen LogP contribution in [0.3, 0.4) is 0 Å². The number of hydrogen-bond donors (Lipinski definition) is 0. The Bertz CT molecular complexity index is 191. The lowest BCUT2D eigenvalue weighted by molar-refractivity contribution is 0.0693. The van der Waals surface area contributed by atoms with Crippen LogP contribution in [-0.2, 0) is 0 Å². The SMILES string of the molecule is CC1(C)CCN([C@H]2CC[C@H](C)CC2)CC1. The van der Waals surface area contributed by atoms with Gasteiger partial charge in [-0.05, 0) is 62.9 Å². The third-order valence-electron chi connectivity index (χ3n) is 4.65. The van der Waals surface area contributed by atoms with Crippen LogP contribution in [0.2, 0.25) is 0 Å². The Labute approximate surface area is 95.2 Å². The van der Waals surface area contributed by atoms with Gasteiger partial charge in [-0.15, -0.1) is 0 Å². The van der Waals surface area contributed by atoms with Crippen molar-refractivity contribution in [1.82, 2.24) is 4.90 Å². The topological polar surface area (TPSA) is 3.24 Å². The van der Waals surface area contributed by atoms with E-state index in [1.807, 2.05) is 0 Å². The summed E-state index contributed by atoms with van der Waals surface area (Å²) >= 11 is 0. The van der Waals surface area contributed by atoms with E-state index in [0.29, 0.717) is 5.41 Å². The van der Waals surface area contributed by atoms with Crippen LogP contribution in [-0.4, -0.2) is 24.0 Å². The highest BCUT2D eigenvalue weighted by Gasteiger charge is 2.30. The van der Waals surface area contributed by atoms with Crippen LogP contribution >= 0.6 is 0 Å². The minimum Gasteiger partial charge on any atom is -0.300 e. The molecule has 1 heteroatoms. The van der Waals surface area contributed by atoms with Gasteiger partial charge in [0.2, 0.25) is 0 Å². The van der Waals surface area contributed by atoms with Crippen molar-refractivity contribution in [2.75, 3.05) is 13.1 Å². The first-order valence-electron chi connectivity index (χ1n) is 6.81. The standard InChI is InChI=1S/C14H27N/c1-12-4-6-13(7-5-12)15-10-8-14(2,3)9-11-15/h12-13H,4-11H2,1-3H3/t12-,13-. The summed E-state index contributed by atoms with van der Waals surface area (Å²) in [6.07, 6.45) is 8.65. The lowest BCUT2D eigenvalue weighted by atomic mass is 9.80. The zero-order chi connectivity index (χ0) is 10.9. The number of hydrogen-bond acceptors (Lipinski definition) is 1. The van der Waals surface area contributed by atoms with Crippen LogP contribution in [0.4, 0.5) is 0 Å². The Morgan fingerprint density at radius 3 is 2.00 bits per heavy atom.